The van der Waals surface area contributed by atoms with Crippen molar-refractivity contribution in [1.29, 1.82) is 0 Å². The van der Waals surface area contributed by atoms with Gasteiger partial charge in [0.2, 0.25) is 5.91 Å². The summed E-state index contributed by atoms with van der Waals surface area (Å²) in [6.45, 7) is 2.00. The maximum Gasteiger partial charge on any atom is 0.272 e. The van der Waals surface area contributed by atoms with Gasteiger partial charge in [-0.25, -0.2) is 4.98 Å². The van der Waals surface area contributed by atoms with Gasteiger partial charge in [0.25, 0.3) is 5.91 Å². The Balaban J connectivity index is 1.59. The second-order valence-electron chi connectivity index (χ2n) is 7.32. The number of nitrogens with zero attached hydrogens (tertiary/aromatic N) is 3. The molecule has 2 N–H and O–H groups in total. The molecule has 2 amide bonds. The van der Waals surface area contributed by atoms with E-state index >= 15 is 0 Å². The Labute approximate surface area is 136 Å². The van der Waals surface area contributed by atoms with Crippen LogP contribution in [0.3, 0.4) is 0 Å². The highest BCUT2D eigenvalue weighted by molar-refractivity contribution is 5.94. The summed E-state index contributed by atoms with van der Waals surface area (Å²) in [5.41, 5.74) is 5.88. The number of hydrogen-bond donors (Lipinski definition) is 1. The number of nitrogens with two attached hydrogens (primary N) is 1. The zero-order valence-corrected chi connectivity index (χ0v) is 13.5. The number of primary amides is 1. The van der Waals surface area contributed by atoms with Crippen LogP contribution in [0.5, 0.6) is 0 Å². The fourth-order valence-electron chi connectivity index (χ4n) is 4.77. The van der Waals surface area contributed by atoms with Crippen molar-refractivity contribution >= 4 is 11.8 Å². The molecule has 0 radical (unpaired) electrons. The Kier molecular flexibility index (Phi) is 3.43. The Bertz CT molecular complexity index is 653. The fraction of sp³-hybridized carbons (Fsp3) is 0.706. The standard InChI is InChI=1S/C17H24N4O2/c18-16(23)17-7-4-5-12(17)10-20(11-17)15(22)13-9-19-14-6-2-1-3-8-21(13)14/h9,12H,1-8,10-11H2,(H2,18,23)/t12-,17-/m0/s1. The molecule has 2 atom stereocenters. The number of hydrogen-bond acceptors (Lipinski definition) is 3. The van der Waals surface area contributed by atoms with Gasteiger partial charge in [-0.15, -0.1) is 0 Å². The van der Waals surface area contributed by atoms with E-state index < -0.39 is 5.41 Å². The van der Waals surface area contributed by atoms with Crippen molar-refractivity contribution in [3.05, 3.63) is 17.7 Å². The molecule has 124 valence electrons. The quantitative estimate of drug-likeness (QED) is 0.894. The highest BCUT2D eigenvalue weighted by Gasteiger charge is 2.54. The van der Waals surface area contributed by atoms with Crippen LogP contribution in [0.1, 0.15) is 54.8 Å². The van der Waals surface area contributed by atoms with Gasteiger partial charge in [-0.2, -0.15) is 0 Å². The number of likely N-dealkylation sites (tertiary alicyclic amines) is 1. The van der Waals surface area contributed by atoms with Crippen LogP contribution in [0.25, 0.3) is 0 Å². The lowest BCUT2D eigenvalue weighted by Gasteiger charge is -2.24. The Hall–Kier alpha value is -1.85. The molecular weight excluding hydrogens is 292 g/mol. The third kappa shape index (κ3) is 2.18. The normalized spacial score (nSPS) is 29.9. The van der Waals surface area contributed by atoms with Gasteiger partial charge in [0.15, 0.2) is 0 Å². The van der Waals surface area contributed by atoms with E-state index in [1.54, 1.807) is 6.20 Å². The Morgan fingerprint density at radius 1 is 1.26 bits per heavy atom. The first-order valence-electron chi connectivity index (χ1n) is 8.75. The van der Waals surface area contributed by atoms with Crippen LogP contribution in [-0.4, -0.2) is 39.4 Å². The summed E-state index contributed by atoms with van der Waals surface area (Å²) >= 11 is 0. The number of carbonyl (C=O) groups is 2. The van der Waals surface area contributed by atoms with E-state index in [2.05, 4.69) is 9.55 Å². The van der Waals surface area contributed by atoms with Crippen molar-refractivity contribution in [3.63, 3.8) is 0 Å². The molecule has 3 heterocycles. The number of carbonyl (C=O) groups excluding carboxylic acids is 2. The zero-order valence-electron chi connectivity index (χ0n) is 13.5. The van der Waals surface area contributed by atoms with Gasteiger partial charge < -0.3 is 15.2 Å². The van der Waals surface area contributed by atoms with Crippen LogP contribution in [-0.2, 0) is 17.8 Å². The molecule has 6 heteroatoms. The highest BCUT2D eigenvalue weighted by atomic mass is 16.2. The Morgan fingerprint density at radius 2 is 2.13 bits per heavy atom. The zero-order chi connectivity index (χ0) is 16.0. The molecule has 23 heavy (non-hydrogen) atoms. The third-order valence-electron chi connectivity index (χ3n) is 6.09. The molecule has 0 unspecified atom stereocenters. The molecule has 0 bridgehead atoms. The topological polar surface area (TPSA) is 81.2 Å². The first-order chi connectivity index (χ1) is 11.1. The van der Waals surface area contributed by atoms with E-state index in [0.29, 0.717) is 18.8 Å². The summed E-state index contributed by atoms with van der Waals surface area (Å²) in [7, 11) is 0. The van der Waals surface area contributed by atoms with Crippen molar-refractivity contribution in [2.45, 2.75) is 51.5 Å². The van der Waals surface area contributed by atoms with E-state index in [0.717, 1.165) is 50.9 Å². The molecule has 4 rings (SSSR count). The number of fused-ring (bicyclic) bond motifs is 2. The first-order valence-corrected chi connectivity index (χ1v) is 8.75. The van der Waals surface area contributed by atoms with Crippen LogP contribution in [0.4, 0.5) is 0 Å². The maximum absolute atomic E-state index is 13.0. The molecule has 3 aliphatic rings. The van der Waals surface area contributed by atoms with Gasteiger partial charge in [-0.1, -0.05) is 12.8 Å². The van der Waals surface area contributed by atoms with Crippen LogP contribution in [0.15, 0.2) is 6.20 Å². The lowest BCUT2D eigenvalue weighted by molar-refractivity contribution is -0.128. The lowest BCUT2D eigenvalue weighted by atomic mass is 9.80. The van der Waals surface area contributed by atoms with Crippen molar-refractivity contribution in [3.8, 4) is 0 Å². The molecule has 1 aromatic heterocycles. The van der Waals surface area contributed by atoms with E-state index in [1.807, 2.05) is 4.90 Å². The van der Waals surface area contributed by atoms with Crippen molar-refractivity contribution in [1.82, 2.24) is 14.5 Å². The van der Waals surface area contributed by atoms with Gasteiger partial charge in [0.1, 0.15) is 11.5 Å². The SMILES string of the molecule is NC(=O)[C@]12CCC[C@H]1CN(C(=O)c1cnc3n1CCCCC3)C2. The fourth-order valence-corrected chi connectivity index (χ4v) is 4.77. The van der Waals surface area contributed by atoms with Crippen LogP contribution in [0, 0.1) is 11.3 Å². The van der Waals surface area contributed by atoms with Crippen LogP contribution < -0.4 is 5.73 Å². The van der Waals surface area contributed by atoms with E-state index in [1.165, 1.54) is 6.42 Å². The predicted octanol–water partition coefficient (Wildman–Crippen LogP) is 1.34. The molecule has 1 saturated heterocycles. The van der Waals surface area contributed by atoms with Gasteiger partial charge in [-0.05, 0) is 31.6 Å². The number of aromatic nitrogens is 2. The predicted molar refractivity (Wildman–Crippen MR) is 84.7 cm³/mol. The Morgan fingerprint density at radius 3 is 2.91 bits per heavy atom. The molecule has 0 spiro atoms. The summed E-state index contributed by atoms with van der Waals surface area (Å²) in [5.74, 6) is 1.04. The molecule has 2 fully saturated rings. The van der Waals surface area contributed by atoms with E-state index in [-0.39, 0.29) is 17.7 Å². The summed E-state index contributed by atoms with van der Waals surface area (Å²) in [4.78, 5) is 31.3. The van der Waals surface area contributed by atoms with Gasteiger partial charge in [-0.3, -0.25) is 9.59 Å². The number of imidazole rings is 1. The van der Waals surface area contributed by atoms with Crippen molar-refractivity contribution in [2.24, 2.45) is 17.1 Å². The molecule has 1 aromatic rings. The summed E-state index contributed by atoms with van der Waals surface area (Å²) in [6.07, 6.45) is 8.94. The minimum atomic E-state index is -0.489. The molecule has 0 aromatic carbocycles. The average Bonchev–Trinajstić information content (AvgIpc) is 3.15. The second-order valence-corrected chi connectivity index (χ2v) is 7.32. The molecule has 2 aliphatic heterocycles. The second kappa shape index (κ2) is 5.35. The van der Waals surface area contributed by atoms with Crippen molar-refractivity contribution < 1.29 is 9.59 Å². The van der Waals surface area contributed by atoms with Crippen LogP contribution in [0.2, 0.25) is 0 Å². The van der Waals surface area contributed by atoms with E-state index in [9.17, 15) is 9.59 Å². The molecular formula is C17H24N4O2. The first kappa shape index (κ1) is 14.7. The minimum Gasteiger partial charge on any atom is -0.369 e. The molecule has 1 saturated carbocycles. The highest BCUT2D eigenvalue weighted by Crippen LogP contribution is 2.48. The van der Waals surface area contributed by atoms with E-state index in [4.69, 9.17) is 5.73 Å². The summed E-state index contributed by atoms with van der Waals surface area (Å²) in [5, 5.41) is 0. The van der Waals surface area contributed by atoms with Crippen LogP contribution >= 0.6 is 0 Å². The number of amides is 2. The monoisotopic (exact) mass is 316 g/mol. The molecule has 6 nitrogen and oxygen atoms in total. The van der Waals surface area contributed by atoms with Crippen molar-refractivity contribution in [2.75, 3.05) is 13.1 Å². The molecule has 1 aliphatic carbocycles. The average molecular weight is 316 g/mol. The number of rotatable bonds is 2. The smallest absolute Gasteiger partial charge is 0.272 e. The lowest BCUT2D eigenvalue weighted by Crippen LogP contribution is -2.41. The van der Waals surface area contributed by atoms with Gasteiger partial charge in [0, 0.05) is 26.1 Å². The summed E-state index contributed by atoms with van der Waals surface area (Å²) < 4.78 is 2.08. The van der Waals surface area contributed by atoms with Gasteiger partial charge >= 0.3 is 0 Å². The third-order valence-corrected chi connectivity index (χ3v) is 6.09. The summed E-state index contributed by atoms with van der Waals surface area (Å²) in [6, 6.07) is 0. The minimum absolute atomic E-state index is 0.0145. The maximum atomic E-state index is 13.0. The largest absolute Gasteiger partial charge is 0.369 e. The van der Waals surface area contributed by atoms with Gasteiger partial charge in [0.05, 0.1) is 11.6 Å². The number of aryl methyl sites for hydroxylation is 1.